The lowest BCUT2D eigenvalue weighted by molar-refractivity contribution is -0.155. The Hall–Kier alpha value is -6.63. The van der Waals surface area contributed by atoms with Gasteiger partial charge in [-0.15, -0.1) is 0 Å². The number of nitrogens with zero attached hydrogens (tertiary/aromatic N) is 4. The second kappa shape index (κ2) is 27.9. The summed E-state index contributed by atoms with van der Waals surface area (Å²) in [5, 5.41) is 17.1. The maximum absolute atomic E-state index is 13.3. The molecule has 0 fully saturated rings. The van der Waals surface area contributed by atoms with Gasteiger partial charge < -0.3 is 39.6 Å². The van der Waals surface area contributed by atoms with Crippen molar-refractivity contribution >= 4 is 73.8 Å². The molecule has 4 aromatic heterocycles. The minimum absolute atomic E-state index is 0.126. The third-order valence-electron chi connectivity index (χ3n) is 6.64. The number of pyridine rings is 4. The van der Waals surface area contributed by atoms with Crippen molar-refractivity contribution in [3.63, 3.8) is 0 Å². The molecule has 0 aliphatic heterocycles. The standard InChI is InChI=1S/C13H16FNO4.C12H14FNO4.C7H5BrFNO2.C6H3BrFNO2.C5H11NO2/c1-13(2,3)19-11(16)6-8-5-9(12(17)18-4)10(14)7-15-8;1-12(2,3)18-10(15)5-7-4-8(11(16)17)9(13)6-14-7;1-12-7(11)4-2-6(8)10-3-5(4)9;7-5-1-3(6(10)11)4(8)2-9-5;1-5(2,3)8-4(6)7/h5,7H,6H2,1-4H3;4,6H,5H2,1-3H3,(H,16,17);2-3H,1H3;1-2H,(H,10,11);1-3H3,(H2,6,7). The zero-order valence-electron chi connectivity index (χ0n) is 38.5. The Kier molecular flexibility index (Phi) is 25.2. The van der Waals surface area contributed by atoms with E-state index in [-0.39, 0.29) is 40.9 Å². The largest absolute Gasteiger partial charge is 0.478 e. The van der Waals surface area contributed by atoms with E-state index in [9.17, 15) is 51.1 Å². The van der Waals surface area contributed by atoms with Gasteiger partial charge in [0, 0.05) is 0 Å². The molecule has 25 heteroatoms. The third kappa shape index (κ3) is 25.9. The van der Waals surface area contributed by atoms with Crippen molar-refractivity contribution in [1.82, 2.24) is 19.9 Å². The van der Waals surface area contributed by atoms with Gasteiger partial charge in [-0.3, -0.25) is 19.6 Å². The summed E-state index contributed by atoms with van der Waals surface area (Å²) in [7, 11) is 2.34. The zero-order chi connectivity index (χ0) is 52.9. The number of carbonyl (C=O) groups is 7. The highest BCUT2D eigenvalue weighted by Gasteiger charge is 2.21. The molecule has 4 rings (SSSR count). The van der Waals surface area contributed by atoms with E-state index in [1.807, 2.05) is 0 Å². The number of amides is 1. The number of hydrogen-bond donors (Lipinski definition) is 3. The quantitative estimate of drug-likeness (QED) is 0.0651. The molecule has 1 amide bonds. The van der Waals surface area contributed by atoms with E-state index in [0.29, 0.717) is 9.21 Å². The molecular formula is C43H49Br2F4N5O14. The number of ether oxygens (including phenoxy) is 5. The van der Waals surface area contributed by atoms with Gasteiger partial charge in [-0.25, -0.2) is 51.5 Å². The van der Waals surface area contributed by atoms with Crippen molar-refractivity contribution in [2.24, 2.45) is 5.73 Å². The number of rotatable bonds is 8. The fourth-order valence-corrected chi connectivity index (χ4v) is 4.86. The number of halogens is 6. The number of methoxy groups -OCH3 is 2. The van der Waals surface area contributed by atoms with E-state index >= 15 is 0 Å². The first-order valence-electron chi connectivity index (χ1n) is 19.1. The topological polar surface area (TPSA) is 284 Å². The summed E-state index contributed by atoms with van der Waals surface area (Å²) in [5.74, 6) is -8.52. The fraction of sp³-hybridized carbons (Fsp3) is 0.372. The number of hydrogen-bond acceptors (Lipinski definition) is 16. The van der Waals surface area contributed by atoms with Crippen LogP contribution in [0.5, 0.6) is 0 Å². The number of esters is 4. The molecule has 4 heterocycles. The molecule has 4 N–H and O–H groups in total. The van der Waals surface area contributed by atoms with Gasteiger partial charge in [0.2, 0.25) is 0 Å². The van der Waals surface area contributed by atoms with Crippen molar-refractivity contribution in [3.05, 3.63) is 115 Å². The lowest BCUT2D eigenvalue weighted by atomic mass is 10.1. The predicted octanol–water partition coefficient (Wildman–Crippen LogP) is 8.03. The van der Waals surface area contributed by atoms with E-state index in [1.165, 1.54) is 19.2 Å². The van der Waals surface area contributed by atoms with Gasteiger partial charge in [0.1, 0.15) is 26.0 Å². The second-order valence-electron chi connectivity index (χ2n) is 15.9. The molecule has 0 spiro atoms. The number of primary amides is 1. The summed E-state index contributed by atoms with van der Waals surface area (Å²) in [5.41, 5.74) is 2.15. The summed E-state index contributed by atoms with van der Waals surface area (Å²) in [6, 6.07) is 4.59. The van der Waals surface area contributed by atoms with Crippen molar-refractivity contribution in [2.45, 2.75) is 92.0 Å². The molecule has 0 radical (unpaired) electrons. The molecule has 68 heavy (non-hydrogen) atoms. The fourth-order valence-electron chi connectivity index (χ4n) is 4.20. The average molecular weight is 1100 g/mol. The Bertz CT molecular complexity index is 2430. The van der Waals surface area contributed by atoms with Crippen LogP contribution < -0.4 is 5.73 Å². The van der Waals surface area contributed by atoms with Crippen LogP contribution in [-0.2, 0) is 46.1 Å². The van der Waals surface area contributed by atoms with Gasteiger partial charge >= 0.3 is 41.9 Å². The van der Waals surface area contributed by atoms with E-state index in [2.05, 4.69) is 66.0 Å². The normalized spacial score (nSPS) is 10.5. The van der Waals surface area contributed by atoms with Crippen molar-refractivity contribution < 1.29 is 85.0 Å². The molecule has 0 atom stereocenters. The summed E-state index contributed by atoms with van der Waals surface area (Å²) in [6.45, 7) is 15.6. The van der Waals surface area contributed by atoms with Gasteiger partial charge in [0.25, 0.3) is 0 Å². The molecule has 372 valence electrons. The maximum atomic E-state index is 13.3. The number of nitrogens with two attached hydrogens (primary N) is 1. The minimum atomic E-state index is -1.40. The predicted molar refractivity (Wildman–Crippen MR) is 238 cm³/mol. The summed E-state index contributed by atoms with van der Waals surface area (Å²) < 4.78 is 76.0. The highest BCUT2D eigenvalue weighted by molar-refractivity contribution is 9.10. The van der Waals surface area contributed by atoms with Gasteiger partial charge in [0.15, 0.2) is 23.3 Å². The van der Waals surface area contributed by atoms with Crippen molar-refractivity contribution in [1.29, 1.82) is 0 Å². The van der Waals surface area contributed by atoms with Crippen LogP contribution in [0, 0.1) is 23.3 Å². The van der Waals surface area contributed by atoms with Gasteiger partial charge in [-0.05, 0) is 118 Å². The Labute approximate surface area is 404 Å². The van der Waals surface area contributed by atoms with Crippen LogP contribution in [0.3, 0.4) is 0 Å². The van der Waals surface area contributed by atoms with Gasteiger partial charge in [0.05, 0.1) is 85.5 Å². The van der Waals surface area contributed by atoms with Crippen LogP contribution in [0.1, 0.15) is 115 Å². The molecule has 0 aromatic carbocycles. The number of aromatic carboxylic acids is 2. The highest BCUT2D eigenvalue weighted by atomic mass is 79.9. The molecule has 19 nitrogen and oxygen atoms in total. The Morgan fingerprint density at radius 2 is 0.794 bits per heavy atom. The molecule has 0 saturated carbocycles. The molecule has 0 aliphatic carbocycles. The van der Waals surface area contributed by atoms with Crippen molar-refractivity contribution in [2.75, 3.05) is 14.2 Å². The van der Waals surface area contributed by atoms with Crippen molar-refractivity contribution in [3.8, 4) is 0 Å². The number of aromatic nitrogens is 4. The van der Waals surface area contributed by atoms with E-state index in [1.54, 1.807) is 62.3 Å². The van der Waals surface area contributed by atoms with Crippen LogP contribution in [0.15, 0.2) is 58.3 Å². The van der Waals surface area contributed by atoms with Crippen LogP contribution in [0.2, 0.25) is 0 Å². The van der Waals surface area contributed by atoms with Gasteiger partial charge in [-0.2, -0.15) is 0 Å². The first-order chi connectivity index (χ1) is 31.1. The minimum Gasteiger partial charge on any atom is -0.478 e. The highest BCUT2D eigenvalue weighted by Crippen LogP contribution is 2.16. The van der Waals surface area contributed by atoms with Crippen LogP contribution in [-0.4, -0.2) is 103 Å². The SMILES string of the molecule is CC(C)(C)OC(=O)Cc1cc(C(=O)O)c(F)cn1.CC(C)(C)OC(N)=O.COC(=O)c1cc(Br)ncc1F.COC(=O)c1cc(CC(=O)OC(C)(C)C)ncc1F.O=C(O)c1cc(Br)ncc1F. The lowest BCUT2D eigenvalue weighted by Gasteiger charge is -2.19. The van der Waals surface area contributed by atoms with E-state index in [4.69, 9.17) is 25.4 Å². The van der Waals surface area contributed by atoms with Crippen LogP contribution >= 0.6 is 31.9 Å². The Balaban J connectivity index is 0.000000852. The molecular weight excluding hydrogens is 1050 g/mol. The summed E-state index contributed by atoms with van der Waals surface area (Å²) >= 11 is 5.93. The van der Waals surface area contributed by atoms with Gasteiger partial charge in [-0.1, -0.05) is 0 Å². The second-order valence-corrected chi connectivity index (χ2v) is 17.6. The van der Waals surface area contributed by atoms with E-state index < -0.39 is 87.5 Å². The average Bonchev–Trinajstić information content (AvgIpc) is 3.19. The van der Waals surface area contributed by atoms with E-state index in [0.717, 1.165) is 44.0 Å². The molecule has 0 bridgehead atoms. The smallest absolute Gasteiger partial charge is 0.405 e. The molecule has 0 aliphatic rings. The number of carboxylic acid groups (broad SMARTS) is 2. The summed E-state index contributed by atoms with van der Waals surface area (Å²) in [6.07, 6.45) is 2.41. The van der Waals surface area contributed by atoms with Crippen LogP contribution in [0.4, 0.5) is 22.4 Å². The molecule has 4 aromatic rings. The monoisotopic (exact) mass is 1090 g/mol. The first-order valence-corrected chi connectivity index (χ1v) is 20.6. The maximum Gasteiger partial charge on any atom is 0.405 e. The number of carboxylic acids is 2. The Morgan fingerprint density at radius 1 is 0.515 bits per heavy atom. The third-order valence-corrected chi connectivity index (χ3v) is 7.50. The summed E-state index contributed by atoms with van der Waals surface area (Å²) in [4.78, 5) is 90.7. The van der Waals surface area contributed by atoms with Crippen LogP contribution in [0.25, 0.3) is 0 Å². The molecule has 0 saturated heterocycles. The lowest BCUT2D eigenvalue weighted by Crippen LogP contribution is -2.27. The number of carbonyl (C=O) groups excluding carboxylic acids is 5. The Morgan fingerprint density at radius 3 is 1.07 bits per heavy atom. The first kappa shape index (κ1) is 61.4. The zero-order valence-corrected chi connectivity index (χ0v) is 41.6. The molecule has 0 unspecified atom stereocenters.